The Labute approximate surface area is 221 Å². The predicted octanol–water partition coefficient (Wildman–Crippen LogP) is 6.81. The molecule has 2 amide bonds. The molecular formula is C31H28FN5O. The second-order valence-corrected chi connectivity index (χ2v) is 9.46. The first-order valence-corrected chi connectivity index (χ1v) is 12.8. The molecule has 1 atom stereocenters. The van der Waals surface area contributed by atoms with Crippen LogP contribution in [0.25, 0.3) is 11.5 Å². The lowest BCUT2D eigenvalue weighted by atomic mass is 10.0. The molecule has 3 heterocycles. The van der Waals surface area contributed by atoms with Gasteiger partial charge in [0, 0.05) is 17.4 Å². The summed E-state index contributed by atoms with van der Waals surface area (Å²) >= 11 is 0. The van der Waals surface area contributed by atoms with E-state index in [1.807, 2.05) is 89.4 Å². The van der Waals surface area contributed by atoms with Gasteiger partial charge in [-0.3, -0.25) is 0 Å². The molecule has 0 aliphatic carbocycles. The summed E-state index contributed by atoms with van der Waals surface area (Å²) in [6.07, 6.45) is 2.80. The molecule has 3 aromatic carbocycles. The summed E-state index contributed by atoms with van der Waals surface area (Å²) in [5, 5.41) is 8.04. The van der Waals surface area contributed by atoms with E-state index in [1.54, 1.807) is 12.1 Å². The predicted molar refractivity (Wildman–Crippen MR) is 146 cm³/mol. The largest absolute Gasteiger partial charge is 0.322 e. The molecule has 0 radical (unpaired) electrons. The number of carbonyl (C=O) groups excluding carboxylic acids is 1. The van der Waals surface area contributed by atoms with E-state index in [0.29, 0.717) is 6.54 Å². The van der Waals surface area contributed by atoms with Crippen LogP contribution in [0, 0.1) is 12.7 Å². The van der Waals surface area contributed by atoms with Gasteiger partial charge in [-0.1, -0.05) is 55.5 Å². The molecule has 0 saturated carbocycles. The summed E-state index contributed by atoms with van der Waals surface area (Å²) in [5.74, 6) is 0.578. The van der Waals surface area contributed by atoms with Gasteiger partial charge in [-0.25, -0.2) is 13.9 Å². The molecule has 6 rings (SSSR count). The zero-order valence-electron chi connectivity index (χ0n) is 21.3. The number of rotatable bonds is 4. The van der Waals surface area contributed by atoms with Crippen LogP contribution in [0.15, 0.2) is 97.2 Å². The highest BCUT2D eigenvalue weighted by atomic mass is 19.1. The van der Waals surface area contributed by atoms with Crippen LogP contribution in [0.3, 0.4) is 0 Å². The van der Waals surface area contributed by atoms with Gasteiger partial charge in [-0.2, -0.15) is 5.10 Å². The van der Waals surface area contributed by atoms with Crippen molar-refractivity contribution in [3.8, 4) is 11.5 Å². The number of nitrogens with zero attached hydrogens (tertiary/aromatic N) is 4. The van der Waals surface area contributed by atoms with Crippen LogP contribution >= 0.6 is 0 Å². The first kappa shape index (κ1) is 23.7. The van der Waals surface area contributed by atoms with Gasteiger partial charge < -0.3 is 14.8 Å². The molecule has 2 aromatic heterocycles. The Hall–Kier alpha value is -4.65. The molecule has 38 heavy (non-hydrogen) atoms. The SMILES string of the molecule is CCc1ccccc1NC(=O)N1Cc2c(C)nn(-c3ccccc3)c2-n2cccc2C1c1ccc(F)cc1. The molecule has 5 aromatic rings. The highest BCUT2D eigenvalue weighted by Crippen LogP contribution is 2.39. The third kappa shape index (κ3) is 4.06. The van der Waals surface area contributed by atoms with E-state index >= 15 is 0 Å². The Bertz CT molecular complexity index is 1600. The minimum atomic E-state index is -0.449. The van der Waals surface area contributed by atoms with Crippen molar-refractivity contribution in [1.29, 1.82) is 0 Å². The minimum absolute atomic E-state index is 0.229. The lowest BCUT2D eigenvalue weighted by Crippen LogP contribution is -2.38. The summed E-state index contributed by atoms with van der Waals surface area (Å²) in [6, 6.07) is 27.5. The van der Waals surface area contributed by atoms with Crippen molar-refractivity contribution in [1.82, 2.24) is 19.2 Å². The average molecular weight is 506 g/mol. The van der Waals surface area contributed by atoms with Crippen LogP contribution in [0.4, 0.5) is 14.9 Å². The van der Waals surface area contributed by atoms with Crippen LogP contribution in [0.5, 0.6) is 0 Å². The lowest BCUT2D eigenvalue weighted by molar-refractivity contribution is 0.194. The number of fused-ring (bicyclic) bond motifs is 3. The van der Waals surface area contributed by atoms with Gasteiger partial charge in [0.05, 0.1) is 29.7 Å². The smallest absolute Gasteiger partial charge is 0.308 e. The van der Waals surface area contributed by atoms with E-state index in [4.69, 9.17) is 5.10 Å². The van der Waals surface area contributed by atoms with Crippen molar-refractivity contribution >= 4 is 11.7 Å². The molecule has 6 nitrogen and oxygen atoms in total. The number of hydrogen-bond donors (Lipinski definition) is 1. The number of nitrogens with one attached hydrogen (secondary N) is 1. The highest BCUT2D eigenvalue weighted by Gasteiger charge is 2.36. The molecule has 0 spiro atoms. The number of anilines is 1. The number of amides is 2. The number of aromatic nitrogens is 3. The number of urea groups is 1. The number of aryl methyl sites for hydroxylation is 2. The molecule has 1 N–H and O–H groups in total. The van der Waals surface area contributed by atoms with Crippen LogP contribution in [-0.4, -0.2) is 25.3 Å². The first-order valence-electron chi connectivity index (χ1n) is 12.8. The fourth-order valence-electron chi connectivity index (χ4n) is 5.28. The van der Waals surface area contributed by atoms with Gasteiger partial charge in [0.15, 0.2) is 0 Å². The Morgan fingerprint density at radius 2 is 1.71 bits per heavy atom. The van der Waals surface area contributed by atoms with Crippen molar-refractivity contribution in [3.05, 3.63) is 131 Å². The molecule has 7 heteroatoms. The number of halogens is 1. The topological polar surface area (TPSA) is 55.1 Å². The third-order valence-electron chi connectivity index (χ3n) is 7.17. The molecule has 0 fully saturated rings. The van der Waals surface area contributed by atoms with Crippen molar-refractivity contribution in [2.75, 3.05) is 5.32 Å². The molecule has 1 aliphatic heterocycles. The van der Waals surface area contributed by atoms with Gasteiger partial charge in [0.25, 0.3) is 0 Å². The zero-order valence-corrected chi connectivity index (χ0v) is 21.3. The van der Waals surface area contributed by atoms with Gasteiger partial charge in [-0.05, 0) is 66.9 Å². The minimum Gasteiger partial charge on any atom is -0.308 e. The van der Waals surface area contributed by atoms with E-state index < -0.39 is 6.04 Å². The summed E-state index contributed by atoms with van der Waals surface area (Å²) in [5.41, 5.74) is 6.30. The Balaban J connectivity index is 1.53. The van der Waals surface area contributed by atoms with Crippen LogP contribution in [-0.2, 0) is 13.0 Å². The van der Waals surface area contributed by atoms with Crippen LogP contribution in [0.2, 0.25) is 0 Å². The van der Waals surface area contributed by atoms with Crippen LogP contribution < -0.4 is 5.32 Å². The third-order valence-corrected chi connectivity index (χ3v) is 7.17. The normalized spacial score (nSPS) is 14.5. The fraction of sp³-hybridized carbons (Fsp3) is 0.161. The summed E-state index contributed by atoms with van der Waals surface area (Å²) < 4.78 is 18.0. The Kier molecular flexibility index (Phi) is 6.04. The van der Waals surface area contributed by atoms with Crippen molar-refractivity contribution in [2.45, 2.75) is 32.9 Å². The highest BCUT2D eigenvalue weighted by molar-refractivity contribution is 5.91. The molecular weight excluding hydrogens is 477 g/mol. The van der Waals surface area contributed by atoms with E-state index in [9.17, 15) is 9.18 Å². The van der Waals surface area contributed by atoms with Gasteiger partial charge in [-0.15, -0.1) is 0 Å². The van der Waals surface area contributed by atoms with Gasteiger partial charge >= 0.3 is 6.03 Å². The summed E-state index contributed by atoms with van der Waals surface area (Å²) in [7, 11) is 0. The first-order chi connectivity index (χ1) is 18.5. The van der Waals surface area contributed by atoms with Gasteiger partial charge in [0.2, 0.25) is 0 Å². The maximum absolute atomic E-state index is 14.1. The van der Waals surface area contributed by atoms with E-state index in [-0.39, 0.29) is 11.8 Å². The van der Waals surface area contributed by atoms with Crippen molar-refractivity contribution in [2.24, 2.45) is 0 Å². The van der Waals surface area contributed by atoms with E-state index in [1.165, 1.54) is 12.1 Å². The Morgan fingerprint density at radius 3 is 2.47 bits per heavy atom. The molecule has 1 aliphatic rings. The standard InChI is InChI=1S/C31H28FN5O/c1-3-22-10-7-8-13-27(22)33-31(38)36-20-26-21(2)34-37(25-11-5-4-6-12-25)30(26)35-19-9-14-28(35)29(36)23-15-17-24(32)18-16-23/h4-19,29H,3,20H2,1-2H3,(H,33,38). The summed E-state index contributed by atoms with van der Waals surface area (Å²) in [4.78, 5) is 15.9. The number of para-hydroxylation sites is 2. The number of benzene rings is 3. The monoisotopic (exact) mass is 505 g/mol. The Morgan fingerprint density at radius 1 is 0.974 bits per heavy atom. The maximum Gasteiger partial charge on any atom is 0.322 e. The quantitative estimate of drug-likeness (QED) is 0.292. The van der Waals surface area contributed by atoms with E-state index in [0.717, 1.165) is 51.7 Å². The zero-order chi connectivity index (χ0) is 26.2. The van der Waals surface area contributed by atoms with Crippen molar-refractivity contribution in [3.63, 3.8) is 0 Å². The molecule has 0 bridgehead atoms. The fourth-order valence-corrected chi connectivity index (χ4v) is 5.28. The molecule has 0 saturated heterocycles. The second-order valence-electron chi connectivity index (χ2n) is 9.46. The molecule has 1 unspecified atom stereocenters. The summed E-state index contributed by atoms with van der Waals surface area (Å²) in [6.45, 7) is 4.37. The van der Waals surface area contributed by atoms with Crippen molar-refractivity contribution < 1.29 is 9.18 Å². The van der Waals surface area contributed by atoms with Crippen LogP contribution in [0.1, 0.15) is 41.0 Å². The number of carbonyl (C=O) groups is 1. The lowest BCUT2D eigenvalue weighted by Gasteiger charge is -2.31. The van der Waals surface area contributed by atoms with E-state index in [2.05, 4.69) is 16.8 Å². The average Bonchev–Trinajstić information content (AvgIpc) is 3.50. The van der Waals surface area contributed by atoms with Gasteiger partial charge in [0.1, 0.15) is 11.6 Å². The second kappa shape index (κ2) is 9.67. The number of hydrogen-bond acceptors (Lipinski definition) is 2. The molecule has 190 valence electrons. The maximum atomic E-state index is 14.1.